The Balaban J connectivity index is 1.70. The highest BCUT2D eigenvalue weighted by Crippen LogP contribution is 2.11. The van der Waals surface area contributed by atoms with Gasteiger partial charge in [-0.25, -0.2) is 0 Å². The summed E-state index contributed by atoms with van der Waals surface area (Å²) in [7, 11) is 0. The SMILES string of the molecule is CCc1cccc(NC(=NCCN2CCOCC2)NC(=O)c2cccc(C)c2)c1. The highest BCUT2D eigenvalue weighted by Gasteiger charge is 2.12. The van der Waals surface area contributed by atoms with Gasteiger partial charge < -0.3 is 10.1 Å². The van der Waals surface area contributed by atoms with E-state index in [1.165, 1.54) is 5.56 Å². The Kier molecular flexibility index (Phi) is 7.78. The summed E-state index contributed by atoms with van der Waals surface area (Å²) in [6.45, 7) is 8.91. The molecular formula is C23H30N4O2. The molecule has 1 saturated heterocycles. The van der Waals surface area contributed by atoms with Crippen LogP contribution in [0.5, 0.6) is 0 Å². The molecule has 29 heavy (non-hydrogen) atoms. The minimum atomic E-state index is -0.169. The molecule has 0 atom stereocenters. The van der Waals surface area contributed by atoms with Gasteiger partial charge in [0.1, 0.15) is 0 Å². The molecule has 1 heterocycles. The van der Waals surface area contributed by atoms with E-state index < -0.39 is 0 Å². The minimum absolute atomic E-state index is 0.169. The number of aliphatic imine (C=N–C) groups is 1. The highest BCUT2D eigenvalue weighted by molar-refractivity contribution is 6.10. The summed E-state index contributed by atoms with van der Waals surface area (Å²) in [5.41, 5.74) is 3.81. The number of hydrogen-bond donors (Lipinski definition) is 2. The lowest BCUT2D eigenvalue weighted by molar-refractivity contribution is 0.0394. The Labute approximate surface area is 173 Å². The number of hydrogen-bond acceptors (Lipinski definition) is 4. The van der Waals surface area contributed by atoms with Gasteiger partial charge in [0, 0.05) is 30.9 Å². The Bertz CT molecular complexity index is 844. The molecule has 2 N–H and O–H groups in total. The number of benzene rings is 2. The standard InChI is InChI=1S/C23H30N4O2/c1-3-19-7-5-9-21(17-19)25-23(24-10-11-27-12-14-29-15-13-27)26-22(28)20-8-4-6-18(2)16-20/h4-9,16-17H,3,10-15H2,1-2H3,(H2,24,25,26,28). The molecule has 2 aromatic carbocycles. The van der Waals surface area contributed by atoms with E-state index in [1.54, 1.807) is 0 Å². The molecule has 0 aliphatic carbocycles. The van der Waals surface area contributed by atoms with Gasteiger partial charge in [-0.05, 0) is 43.2 Å². The smallest absolute Gasteiger partial charge is 0.257 e. The summed E-state index contributed by atoms with van der Waals surface area (Å²) >= 11 is 0. The summed E-state index contributed by atoms with van der Waals surface area (Å²) in [5.74, 6) is 0.302. The van der Waals surface area contributed by atoms with Crippen LogP contribution in [0.2, 0.25) is 0 Å². The second kappa shape index (κ2) is 10.7. The number of amides is 1. The molecule has 0 radical (unpaired) electrons. The molecule has 0 aromatic heterocycles. The number of ether oxygens (including phenoxy) is 1. The Morgan fingerprint density at radius 3 is 2.69 bits per heavy atom. The molecule has 2 aromatic rings. The van der Waals surface area contributed by atoms with Crippen molar-refractivity contribution in [1.29, 1.82) is 0 Å². The van der Waals surface area contributed by atoms with E-state index in [0.717, 1.165) is 50.5 Å². The molecule has 6 nitrogen and oxygen atoms in total. The zero-order valence-corrected chi connectivity index (χ0v) is 17.3. The number of carbonyl (C=O) groups excluding carboxylic acids is 1. The Morgan fingerprint density at radius 1 is 1.14 bits per heavy atom. The van der Waals surface area contributed by atoms with Crippen molar-refractivity contribution in [2.75, 3.05) is 44.7 Å². The van der Waals surface area contributed by atoms with Crippen molar-refractivity contribution in [3.05, 3.63) is 65.2 Å². The molecule has 0 bridgehead atoms. The predicted molar refractivity (Wildman–Crippen MR) is 118 cm³/mol. The molecule has 1 amide bonds. The van der Waals surface area contributed by atoms with Gasteiger partial charge >= 0.3 is 0 Å². The van der Waals surface area contributed by atoms with Gasteiger partial charge in [-0.3, -0.25) is 20.0 Å². The molecule has 0 spiro atoms. The van der Waals surface area contributed by atoms with Gasteiger partial charge in [-0.1, -0.05) is 36.8 Å². The lowest BCUT2D eigenvalue weighted by atomic mass is 10.1. The molecule has 154 valence electrons. The van der Waals surface area contributed by atoms with E-state index in [0.29, 0.717) is 18.1 Å². The maximum absolute atomic E-state index is 12.7. The molecule has 1 fully saturated rings. The highest BCUT2D eigenvalue weighted by atomic mass is 16.5. The average molecular weight is 395 g/mol. The van der Waals surface area contributed by atoms with E-state index in [9.17, 15) is 4.79 Å². The van der Waals surface area contributed by atoms with Crippen molar-refractivity contribution >= 4 is 17.6 Å². The number of carbonyl (C=O) groups is 1. The van der Waals surface area contributed by atoms with Gasteiger partial charge in [0.15, 0.2) is 0 Å². The van der Waals surface area contributed by atoms with Crippen molar-refractivity contribution in [3.63, 3.8) is 0 Å². The Hall–Kier alpha value is -2.70. The van der Waals surface area contributed by atoms with Crippen molar-refractivity contribution < 1.29 is 9.53 Å². The van der Waals surface area contributed by atoms with E-state index in [4.69, 9.17) is 4.74 Å². The third kappa shape index (κ3) is 6.69. The van der Waals surface area contributed by atoms with Crippen molar-refractivity contribution in [2.24, 2.45) is 4.99 Å². The molecule has 0 saturated carbocycles. The largest absolute Gasteiger partial charge is 0.379 e. The number of nitrogens with zero attached hydrogens (tertiary/aromatic N) is 2. The second-order valence-corrected chi connectivity index (χ2v) is 7.19. The lowest BCUT2D eigenvalue weighted by Crippen LogP contribution is -2.39. The summed E-state index contributed by atoms with van der Waals surface area (Å²) in [6, 6.07) is 15.7. The van der Waals surface area contributed by atoms with Crippen LogP contribution in [0.4, 0.5) is 5.69 Å². The van der Waals surface area contributed by atoms with E-state index in [2.05, 4.69) is 39.6 Å². The van der Waals surface area contributed by atoms with Gasteiger partial charge in [0.2, 0.25) is 5.96 Å². The van der Waals surface area contributed by atoms with Crippen LogP contribution in [0, 0.1) is 6.92 Å². The third-order valence-electron chi connectivity index (χ3n) is 4.90. The first-order chi connectivity index (χ1) is 14.1. The summed E-state index contributed by atoms with van der Waals surface area (Å²) in [5, 5.41) is 6.22. The fourth-order valence-corrected chi connectivity index (χ4v) is 3.21. The summed E-state index contributed by atoms with van der Waals surface area (Å²) in [4.78, 5) is 19.7. The van der Waals surface area contributed by atoms with Gasteiger partial charge in [-0.15, -0.1) is 0 Å². The maximum atomic E-state index is 12.7. The van der Waals surface area contributed by atoms with Gasteiger partial charge in [-0.2, -0.15) is 0 Å². The van der Waals surface area contributed by atoms with Crippen LogP contribution in [0.25, 0.3) is 0 Å². The number of aryl methyl sites for hydroxylation is 2. The first-order valence-corrected chi connectivity index (χ1v) is 10.2. The average Bonchev–Trinajstić information content (AvgIpc) is 2.74. The fourth-order valence-electron chi connectivity index (χ4n) is 3.21. The molecule has 1 aliphatic heterocycles. The number of anilines is 1. The van der Waals surface area contributed by atoms with E-state index in [1.807, 2.05) is 43.3 Å². The van der Waals surface area contributed by atoms with Gasteiger partial charge in [0.25, 0.3) is 5.91 Å². The first-order valence-electron chi connectivity index (χ1n) is 10.2. The molecule has 1 aliphatic rings. The minimum Gasteiger partial charge on any atom is -0.379 e. The number of guanidine groups is 1. The van der Waals surface area contributed by atoms with Crippen LogP contribution in [-0.2, 0) is 11.2 Å². The van der Waals surface area contributed by atoms with Crippen LogP contribution in [-0.4, -0.2) is 56.2 Å². The van der Waals surface area contributed by atoms with Crippen molar-refractivity contribution in [1.82, 2.24) is 10.2 Å². The van der Waals surface area contributed by atoms with E-state index >= 15 is 0 Å². The van der Waals surface area contributed by atoms with Crippen LogP contribution < -0.4 is 10.6 Å². The van der Waals surface area contributed by atoms with E-state index in [-0.39, 0.29) is 5.91 Å². The second-order valence-electron chi connectivity index (χ2n) is 7.19. The molecular weight excluding hydrogens is 364 g/mol. The predicted octanol–water partition coefficient (Wildman–Crippen LogP) is 3.09. The number of morpholine rings is 1. The van der Waals surface area contributed by atoms with Crippen LogP contribution in [0.15, 0.2) is 53.5 Å². The monoisotopic (exact) mass is 394 g/mol. The van der Waals surface area contributed by atoms with Crippen LogP contribution in [0.1, 0.15) is 28.4 Å². The normalized spacial score (nSPS) is 15.2. The topological polar surface area (TPSA) is 66.0 Å². The van der Waals surface area contributed by atoms with Gasteiger partial charge in [0.05, 0.1) is 19.8 Å². The molecule has 0 unspecified atom stereocenters. The summed E-state index contributed by atoms with van der Waals surface area (Å²) < 4.78 is 5.39. The molecule has 3 rings (SSSR count). The lowest BCUT2D eigenvalue weighted by Gasteiger charge is -2.25. The summed E-state index contributed by atoms with van der Waals surface area (Å²) in [6.07, 6.45) is 0.953. The van der Waals surface area contributed by atoms with Crippen molar-refractivity contribution in [3.8, 4) is 0 Å². The quantitative estimate of drug-likeness (QED) is 0.584. The zero-order valence-electron chi connectivity index (χ0n) is 17.3. The van der Waals surface area contributed by atoms with Crippen LogP contribution >= 0.6 is 0 Å². The number of rotatable bonds is 6. The maximum Gasteiger partial charge on any atom is 0.257 e. The zero-order chi connectivity index (χ0) is 20.5. The van der Waals surface area contributed by atoms with Crippen LogP contribution in [0.3, 0.4) is 0 Å². The third-order valence-corrected chi connectivity index (χ3v) is 4.90. The van der Waals surface area contributed by atoms with Crippen molar-refractivity contribution in [2.45, 2.75) is 20.3 Å². The first kappa shape index (κ1) is 21.0. The number of nitrogens with one attached hydrogen (secondary N) is 2. The molecule has 6 heteroatoms. The Morgan fingerprint density at radius 2 is 1.93 bits per heavy atom. The fraction of sp³-hybridized carbons (Fsp3) is 0.391.